The molecule has 0 aromatic heterocycles. The summed E-state index contributed by atoms with van der Waals surface area (Å²) < 4.78 is 0. The van der Waals surface area contributed by atoms with Gasteiger partial charge in [-0.3, -0.25) is 4.79 Å². The molecule has 70 valence electrons. The first kappa shape index (κ1) is 8.74. The van der Waals surface area contributed by atoms with Crippen molar-refractivity contribution in [1.29, 1.82) is 0 Å². The first-order valence-electron chi connectivity index (χ1n) is 4.99. The molecular formula is C12H16O. The van der Waals surface area contributed by atoms with Crippen LogP contribution in [0.2, 0.25) is 0 Å². The summed E-state index contributed by atoms with van der Waals surface area (Å²) in [6.45, 7) is 4.39. The zero-order chi connectivity index (χ0) is 9.47. The van der Waals surface area contributed by atoms with Gasteiger partial charge in [0.2, 0.25) is 0 Å². The Morgan fingerprint density at radius 2 is 2.31 bits per heavy atom. The highest BCUT2D eigenvalue weighted by Gasteiger charge is 2.39. The van der Waals surface area contributed by atoms with Crippen molar-refractivity contribution in [3.63, 3.8) is 0 Å². The predicted molar refractivity (Wildman–Crippen MR) is 53.4 cm³/mol. The maximum Gasteiger partial charge on any atom is 0.133 e. The second-order valence-corrected chi connectivity index (χ2v) is 4.58. The van der Waals surface area contributed by atoms with Crippen LogP contribution in [-0.4, -0.2) is 5.78 Å². The maximum absolute atomic E-state index is 11.4. The van der Waals surface area contributed by atoms with Gasteiger partial charge in [0.25, 0.3) is 0 Å². The van der Waals surface area contributed by atoms with Crippen molar-refractivity contribution in [2.75, 3.05) is 0 Å². The van der Waals surface area contributed by atoms with Crippen LogP contribution in [-0.2, 0) is 4.79 Å². The first-order valence-corrected chi connectivity index (χ1v) is 4.99. The van der Waals surface area contributed by atoms with E-state index in [4.69, 9.17) is 0 Å². The molecule has 0 aliphatic heterocycles. The molecule has 0 aromatic carbocycles. The minimum atomic E-state index is 0.119. The number of ketones is 1. The summed E-state index contributed by atoms with van der Waals surface area (Å²) in [6.07, 6.45) is 9.05. The summed E-state index contributed by atoms with van der Waals surface area (Å²) in [5.41, 5.74) is 1.56. The fraction of sp³-hybridized carbons (Fsp3) is 0.583. The Kier molecular flexibility index (Phi) is 1.90. The van der Waals surface area contributed by atoms with Gasteiger partial charge in [-0.25, -0.2) is 0 Å². The number of hydrogen-bond acceptors (Lipinski definition) is 1. The Balaban J connectivity index is 2.31. The van der Waals surface area contributed by atoms with Crippen LogP contribution in [0.5, 0.6) is 0 Å². The summed E-state index contributed by atoms with van der Waals surface area (Å²) in [5, 5.41) is 0. The number of Topliss-reactive ketones (excluding diaryl/α,β-unsaturated/α-hetero) is 1. The lowest BCUT2D eigenvalue weighted by molar-refractivity contribution is -0.123. The van der Waals surface area contributed by atoms with Crippen molar-refractivity contribution in [3.8, 4) is 0 Å². The fourth-order valence-corrected chi connectivity index (χ4v) is 2.73. The van der Waals surface area contributed by atoms with Crippen LogP contribution in [0.15, 0.2) is 23.8 Å². The highest BCUT2D eigenvalue weighted by Crippen LogP contribution is 2.46. The van der Waals surface area contributed by atoms with Gasteiger partial charge in [-0.05, 0) is 24.7 Å². The summed E-state index contributed by atoms with van der Waals surface area (Å²) in [7, 11) is 0. The van der Waals surface area contributed by atoms with E-state index in [9.17, 15) is 4.79 Å². The monoisotopic (exact) mass is 176 g/mol. The topological polar surface area (TPSA) is 17.1 Å². The summed E-state index contributed by atoms with van der Waals surface area (Å²) >= 11 is 0. The van der Waals surface area contributed by atoms with E-state index >= 15 is 0 Å². The van der Waals surface area contributed by atoms with Crippen molar-refractivity contribution in [1.82, 2.24) is 0 Å². The Labute approximate surface area is 79.5 Å². The number of hydrogen-bond donors (Lipinski definition) is 0. The molecule has 0 spiro atoms. The molecule has 0 N–H and O–H groups in total. The lowest BCUT2D eigenvalue weighted by atomic mass is 9.63. The normalized spacial score (nSPS) is 38.5. The molecule has 0 bridgehead atoms. The third kappa shape index (κ3) is 1.37. The molecule has 1 saturated carbocycles. The molecule has 0 saturated heterocycles. The van der Waals surface area contributed by atoms with E-state index in [1.807, 2.05) is 0 Å². The third-order valence-corrected chi connectivity index (χ3v) is 3.47. The number of fused-ring (bicyclic) bond motifs is 1. The van der Waals surface area contributed by atoms with E-state index in [1.54, 1.807) is 0 Å². The molecule has 0 radical (unpaired) electrons. The Morgan fingerprint density at radius 1 is 1.54 bits per heavy atom. The lowest BCUT2D eigenvalue weighted by Gasteiger charge is -2.41. The molecule has 1 fully saturated rings. The van der Waals surface area contributed by atoms with Crippen LogP contribution < -0.4 is 0 Å². The molecule has 0 amide bonds. The average Bonchev–Trinajstić information content (AvgIpc) is 2.02. The Morgan fingerprint density at radius 3 is 3.08 bits per heavy atom. The van der Waals surface area contributed by atoms with Crippen LogP contribution in [0, 0.1) is 11.3 Å². The van der Waals surface area contributed by atoms with Gasteiger partial charge < -0.3 is 0 Å². The number of rotatable bonds is 0. The van der Waals surface area contributed by atoms with Crippen LogP contribution >= 0.6 is 0 Å². The number of carbonyl (C=O) groups excluding carboxylic acids is 1. The molecule has 1 nitrogen and oxygen atoms in total. The summed E-state index contributed by atoms with van der Waals surface area (Å²) in [5.74, 6) is 1.04. The largest absolute Gasteiger partial charge is 0.300 e. The highest BCUT2D eigenvalue weighted by atomic mass is 16.1. The number of allylic oxidation sites excluding steroid dienone is 4. The predicted octanol–water partition coefficient (Wildman–Crippen LogP) is 2.88. The van der Waals surface area contributed by atoms with Gasteiger partial charge in [-0.15, -0.1) is 0 Å². The molecule has 1 heteroatoms. The van der Waals surface area contributed by atoms with Crippen molar-refractivity contribution in [2.24, 2.45) is 11.3 Å². The standard InChI is InChI=1S/C12H16O/c1-9-4-3-7-12(2)8-10(13)5-6-11(9)12/h3-4,7,11H,5-6,8H2,1-2H3/t11-,12-/m1/s1. The zero-order valence-corrected chi connectivity index (χ0v) is 8.34. The van der Waals surface area contributed by atoms with E-state index in [0.717, 1.165) is 19.3 Å². The molecule has 2 aliphatic rings. The summed E-state index contributed by atoms with van der Waals surface area (Å²) in [6, 6.07) is 0. The van der Waals surface area contributed by atoms with Gasteiger partial charge >= 0.3 is 0 Å². The van der Waals surface area contributed by atoms with Crippen LogP contribution in [0.4, 0.5) is 0 Å². The van der Waals surface area contributed by atoms with Crippen molar-refractivity contribution in [2.45, 2.75) is 33.1 Å². The first-order chi connectivity index (χ1) is 6.12. The summed E-state index contributed by atoms with van der Waals surface area (Å²) in [4.78, 5) is 11.4. The van der Waals surface area contributed by atoms with Crippen LogP contribution in [0.1, 0.15) is 33.1 Å². The fourth-order valence-electron chi connectivity index (χ4n) is 2.73. The second-order valence-electron chi connectivity index (χ2n) is 4.58. The SMILES string of the molecule is CC1=CC=C[C@]2(C)CC(=O)CC[C@H]12. The third-order valence-electron chi connectivity index (χ3n) is 3.47. The molecule has 2 aliphatic carbocycles. The minimum Gasteiger partial charge on any atom is -0.300 e. The molecule has 0 unspecified atom stereocenters. The van der Waals surface area contributed by atoms with E-state index < -0.39 is 0 Å². The van der Waals surface area contributed by atoms with E-state index in [0.29, 0.717) is 11.7 Å². The minimum absolute atomic E-state index is 0.119. The second kappa shape index (κ2) is 2.83. The van der Waals surface area contributed by atoms with Crippen molar-refractivity contribution >= 4 is 5.78 Å². The van der Waals surface area contributed by atoms with Gasteiger partial charge in [-0.1, -0.05) is 30.7 Å². The van der Waals surface area contributed by atoms with Crippen LogP contribution in [0.25, 0.3) is 0 Å². The van der Waals surface area contributed by atoms with Gasteiger partial charge in [-0.2, -0.15) is 0 Å². The van der Waals surface area contributed by atoms with E-state index in [1.165, 1.54) is 5.57 Å². The molecule has 13 heavy (non-hydrogen) atoms. The van der Waals surface area contributed by atoms with E-state index in [-0.39, 0.29) is 5.41 Å². The molecule has 0 heterocycles. The Bertz CT molecular complexity index is 298. The van der Waals surface area contributed by atoms with Gasteiger partial charge in [0.1, 0.15) is 5.78 Å². The zero-order valence-electron chi connectivity index (χ0n) is 8.34. The maximum atomic E-state index is 11.4. The van der Waals surface area contributed by atoms with Gasteiger partial charge in [0.05, 0.1) is 0 Å². The van der Waals surface area contributed by atoms with Crippen molar-refractivity contribution < 1.29 is 4.79 Å². The average molecular weight is 176 g/mol. The quantitative estimate of drug-likeness (QED) is 0.554. The van der Waals surface area contributed by atoms with Gasteiger partial charge in [0.15, 0.2) is 0 Å². The van der Waals surface area contributed by atoms with E-state index in [2.05, 4.69) is 32.1 Å². The smallest absolute Gasteiger partial charge is 0.133 e. The molecule has 0 aromatic rings. The number of carbonyl (C=O) groups is 1. The highest BCUT2D eigenvalue weighted by molar-refractivity contribution is 5.80. The molecular weight excluding hydrogens is 160 g/mol. The lowest BCUT2D eigenvalue weighted by Crippen LogP contribution is -2.35. The molecule has 2 atom stereocenters. The molecule has 2 rings (SSSR count). The Hall–Kier alpha value is -0.850. The van der Waals surface area contributed by atoms with Crippen molar-refractivity contribution in [3.05, 3.63) is 23.8 Å². The van der Waals surface area contributed by atoms with Crippen LogP contribution in [0.3, 0.4) is 0 Å². The van der Waals surface area contributed by atoms with Gasteiger partial charge in [0, 0.05) is 12.8 Å².